The molecule has 7 heteroatoms. The van der Waals surface area contributed by atoms with Gasteiger partial charge in [-0.3, -0.25) is 9.59 Å². The molecule has 0 saturated carbocycles. The molecule has 1 unspecified atom stereocenters. The minimum absolute atomic E-state index is 0.0168. The Labute approximate surface area is 151 Å². The van der Waals surface area contributed by atoms with Gasteiger partial charge in [0.25, 0.3) is 5.91 Å². The highest BCUT2D eigenvalue weighted by molar-refractivity contribution is 5.99. The van der Waals surface area contributed by atoms with Crippen LogP contribution in [0.4, 0.5) is 0 Å². The minimum atomic E-state index is -0.888. The lowest BCUT2D eigenvalue weighted by atomic mass is 9.86. The zero-order valence-electron chi connectivity index (χ0n) is 14.7. The maximum absolute atomic E-state index is 12.5. The molecule has 0 spiro atoms. The monoisotopic (exact) mass is 361 g/mol. The molecule has 1 saturated heterocycles. The van der Waals surface area contributed by atoms with Crippen LogP contribution in [0.3, 0.4) is 0 Å². The number of carbonyl (C=O) groups excluding carboxylic acids is 1. The number of carbonyl (C=O) groups is 2. The minimum Gasteiger partial charge on any atom is -0.493 e. The largest absolute Gasteiger partial charge is 0.493 e. The molecule has 1 aromatic carbocycles. The van der Waals surface area contributed by atoms with Gasteiger partial charge < -0.3 is 24.6 Å². The Morgan fingerprint density at radius 2 is 2.12 bits per heavy atom. The van der Waals surface area contributed by atoms with Crippen LogP contribution in [0.2, 0.25) is 0 Å². The van der Waals surface area contributed by atoms with Crippen molar-refractivity contribution < 1.29 is 28.9 Å². The third-order valence-corrected chi connectivity index (χ3v) is 4.86. The van der Waals surface area contributed by atoms with Crippen molar-refractivity contribution in [2.45, 2.75) is 12.8 Å². The molecule has 1 atom stereocenters. The van der Waals surface area contributed by atoms with Crippen molar-refractivity contribution >= 4 is 18.0 Å². The Balaban J connectivity index is 1.65. The quantitative estimate of drug-likeness (QED) is 0.801. The summed E-state index contributed by atoms with van der Waals surface area (Å²) in [5.41, 5.74) is 1.22. The standard InChI is InChI=1S/C19H23NO6/c1-24-16-4-2-3-13-9-14(11-26-17(13)16)18(21)20-10-15(19(22)23)12-5-7-25-8-6-12/h2-4,9,12,15H,5-8,10-11H2,1H3,(H,20,21)(H,22,23). The average Bonchev–Trinajstić information content (AvgIpc) is 2.67. The zero-order valence-corrected chi connectivity index (χ0v) is 14.7. The second-order valence-electron chi connectivity index (χ2n) is 6.44. The van der Waals surface area contributed by atoms with Crippen molar-refractivity contribution in [3.8, 4) is 11.5 Å². The first-order valence-electron chi connectivity index (χ1n) is 8.69. The van der Waals surface area contributed by atoms with Gasteiger partial charge in [0.2, 0.25) is 0 Å². The molecule has 3 rings (SSSR count). The molecular weight excluding hydrogens is 338 g/mol. The van der Waals surface area contributed by atoms with E-state index < -0.39 is 11.9 Å². The first kappa shape index (κ1) is 18.3. The molecule has 1 fully saturated rings. The van der Waals surface area contributed by atoms with E-state index in [9.17, 15) is 14.7 Å². The molecule has 2 aliphatic heterocycles. The molecule has 0 aromatic heterocycles. The van der Waals surface area contributed by atoms with Crippen LogP contribution in [0, 0.1) is 11.8 Å². The van der Waals surface area contributed by atoms with Crippen molar-refractivity contribution in [2.75, 3.05) is 33.5 Å². The summed E-state index contributed by atoms with van der Waals surface area (Å²) in [4.78, 5) is 24.0. The second kappa shape index (κ2) is 8.23. The van der Waals surface area contributed by atoms with Gasteiger partial charge in [-0.2, -0.15) is 0 Å². The summed E-state index contributed by atoms with van der Waals surface area (Å²) >= 11 is 0. The fourth-order valence-electron chi connectivity index (χ4n) is 3.36. The number of fused-ring (bicyclic) bond motifs is 1. The van der Waals surface area contributed by atoms with Crippen LogP contribution in [0.25, 0.3) is 6.08 Å². The summed E-state index contributed by atoms with van der Waals surface area (Å²) in [5, 5.41) is 12.2. The Bertz CT molecular complexity index is 708. The highest BCUT2D eigenvalue weighted by Crippen LogP contribution is 2.35. The van der Waals surface area contributed by atoms with Gasteiger partial charge in [-0.25, -0.2) is 0 Å². The lowest BCUT2D eigenvalue weighted by Gasteiger charge is -2.28. The van der Waals surface area contributed by atoms with Gasteiger partial charge in [-0.05, 0) is 30.9 Å². The molecule has 7 nitrogen and oxygen atoms in total. The molecule has 2 N–H and O–H groups in total. The highest BCUT2D eigenvalue weighted by atomic mass is 16.5. The molecule has 0 aliphatic carbocycles. The summed E-state index contributed by atoms with van der Waals surface area (Å²) in [6.07, 6.45) is 3.15. The topological polar surface area (TPSA) is 94.1 Å². The summed E-state index contributed by atoms with van der Waals surface area (Å²) in [6, 6.07) is 5.46. The molecule has 0 bridgehead atoms. The molecular formula is C19H23NO6. The first-order valence-corrected chi connectivity index (χ1v) is 8.69. The van der Waals surface area contributed by atoms with E-state index in [0.717, 1.165) is 5.56 Å². The van der Waals surface area contributed by atoms with Crippen LogP contribution >= 0.6 is 0 Å². The summed E-state index contributed by atoms with van der Waals surface area (Å²) in [7, 11) is 1.56. The van der Waals surface area contributed by atoms with Crippen LogP contribution in [-0.4, -0.2) is 50.5 Å². The van der Waals surface area contributed by atoms with E-state index in [1.807, 2.05) is 12.1 Å². The van der Waals surface area contributed by atoms with Crippen molar-refractivity contribution in [2.24, 2.45) is 11.8 Å². The third kappa shape index (κ3) is 3.99. The lowest BCUT2D eigenvalue weighted by Crippen LogP contribution is -2.40. The number of amides is 1. The summed E-state index contributed by atoms with van der Waals surface area (Å²) in [6.45, 7) is 1.36. The van der Waals surface area contributed by atoms with Crippen LogP contribution in [0.5, 0.6) is 11.5 Å². The number of ether oxygens (including phenoxy) is 3. The van der Waals surface area contributed by atoms with Gasteiger partial charge in [-0.1, -0.05) is 12.1 Å². The number of hydrogen-bond donors (Lipinski definition) is 2. The van der Waals surface area contributed by atoms with Gasteiger partial charge in [-0.15, -0.1) is 0 Å². The number of rotatable bonds is 6. The van der Waals surface area contributed by atoms with E-state index in [-0.39, 0.29) is 25.0 Å². The van der Waals surface area contributed by atoms with Gasteiger partial charge in [0.15, 0.2) is 11.5 Å². The summed E-state index contributed by atoms with van der Waals surface area (Å²) in [5.74, 6) is -0.567. The highest BCUT2D eigenvalue weighted by Gasteiger charge is 2.30. The Morgan fingerprint density at radius 1 is 1.35 bits per heavy atom. The number of benzene rings is 1. The third-order valence-electron chi connectivity index (χ3n) is 4.86. The smallest absolute Gasteiger partial charge is 0.308 e. The second-order valence-corrected chi connectivity index (χ2v) is 6.44. The average molecular weight is 361 g/mol. The number of carboxylic acids is 1. The molecule has 140 valence electrons. The van der Waals surface area contributed by atoms with E-state index in [1.165, 1.54) is 0 Å². The summed E-state index contributed by atoms with van der Waals surface area (Å²) < 4.78 is 16.2. The zero-order chi connectivity index (χ0) is 18.5. The number of hydrogen-bond acceptors (Lipinski definition) is 5. The molecule has 0 radical (unpaired) electrons. The predicted octanol–water partition coefficient (Wildman–Crippen LogP) is 1.71. The molecule has 1 aromatic rings. The lowest BCUT2D eigenvalue weighted by molar-refractivity contribution is -0.144. The molecule has 2 aliphatic rings. The normalized spacial score (nSPS) is 18.1. The van der Waals surface area contributed by atoms with Crippen molar-refractivity contribution in [3.05, 3.63) is 29.3 Å². The van der Waals surface area contributed by atoms with E-state index >= 15 is 0 Å². The molecule has 1 amide bonds. The van der Waals surface area contributed by atoms with Crippen molar-refractivity contribution in [1.29, 1.82) is 0 Å². The number of aliphatic carboxylic acids is 1. The number of methoxy groups -OCH3 is 1. The number of carboxylic acid groups (broad SMARTS) is 1. The maximum Gasteiger partial charge on any atom is 0.308 e. The first-order chi connectivity index (χ1) is 12.6. The molecule has 2 heterocycles. The fraction of sp³-hybridized carbons (Fsp3) is 0.474. The van der Waals surface area contributed by atoms with Gasteiger partial charge in [0.1, 0.15) is 6.61 Å². The van der Waals surface area contributed by atoms with Gasteiger partial charge in [0, 0.05) is 25.3 Å². The number of para-hydroxylation sites is 1. The van der Waals surface area contributed by atoms with Crippen LogP contribution in [0.15, 0.2) is 23.8 Å². The SMILES string of the molecule is COc1cccc2c1OCC(C(=O)NCC(C(=O)O)C1CCOCC1)=C2. The van der Waals surface area contributed by atoms with E-state index in [2.05, 4.69) is 5.32 Å². The van der Waals surface area contributed by atoms with E-state index in [0.29, 0.717) is 43.1 Å². The van der Waals surface area contributed by atoms with E-state index in [4.69, 9.17) is 14.2 Å². The maximum atomic E-state index is 12.5. The Morgan fingerprint density at radius 3 is 2.81 bits per heavy atom. The van der Waals surface area contributed by atoms with Crippen molar-refractivity contribution in [1.82, 2.24) is 5.32 Å². The van der Waals surface area contributed by atoms with Gasteiger partial charge in [0.05, 0.1) is 18.6 Å². The van der Waals surface area contributed by atoms with Crippen molar-refractivity contribution in [3.63, 3.8) is 0 Å². The van der Waals surface area contributed by atoms with Crippen LogP contribution in [-0.2, 0) is 14.3 Å². The number of nitrogens with one attached hydrogen (secondary N) is 1. The van der Waals surface area contributed by atoms with Crippen LogP contribution < -0.4 is 14.8 Å². The Hall–Kier alpha value is -2.54. The molecule has 26 heavy (non-hydrogen) atoms. The van der Waals surface area contributed by atoms with Gasteiger partial charge >= 0.3 is 5.97 Å². The van der Waals surface area contributed by atoms with E-state index in [1.54, 1.807) is 19.3 Å². The predicted molar refractivity (Wildman–Crippen MR) is 94.1 cm³/mol. The fourth-order valence-corrected chi connectivity index (χ4v) is 3.36. The van der Waals surface area contributed by atoms with Crippen LogP contribution in [0.1, 0.15) is 18.4 Å². The Kier molecular flexibility index (Phi) is 5.78.